The first-order valence-corrected chi connectivity index (χ1v) is 21.4. The van der Waals surface area contributed by atoms with Crippen molar-refractivity contribution in [3.63, 3.8) is 0 Å². The molecule has 60 heavy (non-hydrogen) atoms. The second-order valence-corrected chi connectivity index (χ2v) is 17.0. The third-order valence-electron chi connectivity index (χ3n) is 12.3. The molecule has 0 bridgehead atoms. The number of imide groups is 1. The number of aromatic nitrogens is 3. The molecule has 5 amide bonds. The van der Waals surface area contributed by atoms with E-state index < -0.39 is 6.03 Å². The van der Waals surface area contributed by atoms with Gasteiger partial charge in [0.2, 0.25) is 5.91 Å². The van der Waals surface area contributed by atoms with Crippen LogP contribution in [0.5, 0.6) is 5.75 Å². The summed E-state index contributed by atoms with van der Waals surface area (Å²) in [5, 5.41) is 24.6. The number of fused-ring (bicyclic) bond motifs is 1. The summed E-state index contributed by atoms with van der Waals surface area (Å²) in [4.78, 5) is 60.0. The average molecular weight is 835 g/mol. The van der Waals surface area contributed by atoms with Gasteiger partial charge in [-0.2, -0.15) is 5.26 Å². The molecule has 3 aliphatic heterocycles. The number of amides is 5. The van der Waals surface area contributed by atoms with E-state index in [2.05, 4.69) is 55.1 Å². The Labute approximate surface area is 354 Å². The van der Waals surface area contributed by atoms with Crippen molar-refractivity contribution in [2.24, 2.45) is 5.92 Å². The van der Waals surface area contributed by atoms with E-state index in [1.54, 1.807) is 35.2 Å². The number of hydrogen-bond acceptors (Lipinski definition) is 10. The zero-order valence-electron chi connectivity index (χ0n) is 34.1. The van der Waals surface area contributed by atoms with Crippen LogP contribution in [0.4, 0.5) is 16.3 Å². The number of carbonyl (C=O) groups excluding carboxylic acids is 4. The van der Waals surface area contributed by atoms with Gasteiger partial charge in [0.25, 0.3) is 11.8 Å². The van der Waals surface area contributed by atoms with E-state index in [1.807, 2.05) is 29.3 Å². The molecule has 16 heteroatoms. The second-order valence-electron chi connectivity index (χ2n) is 16.6. The van der Waals surface area contributed by atoms with Crippen molar-refractivity contribution >= 4 is 57.8 Å². The third-order valence-corrected chi connectivity index (χ3v) is 12.6. The molecule has 4 aromatic rings. The SMILES string of the molecule is CC(C)n1ccc2c(N3CCC(=O)NC3=O)cc(C(=O)N3CCN(CC4CCN(c5ccc(C(=O)N[C@H]6CC[C@H](Oc7ccc(C#N)c(Cl)c7)CC6)nn5)CC4)CC3)cc21. The quantitative estimate of drug-likeness (QED) is 0.200. The molecule has 5 heterocycles. The minimum Gasteiger partial charge on any atom is -0.490 e. The summed E-state index contributed by atoms with van der Waals surface area (Å²) >= 11 is 6.15. The van der Waals surface area contributed by atoms with Crippen molar-refractivity contribution in [2.45, 2.75) is 77.0 Å². The number of anilines is 2. The molecule has 15 nitrogen and oxygen atoms in total. The summed E-state index contributed by atoms with van der Waals surface area (Å²) in [5.41, 5.74) is 2.79. The number of urea groups is 1. The highest BCUT2D eigenvalue weighted by atomic mass is 35.5. The number of halogens is 1. The molecule has 2 aromatic carbocycles. The van der Waals surface area contributed by atoms with E-state index in [4.69, 9.17) is 21.6 Å². The maximum absolute atomic E-state index is 14.0. The fourth-order valence-electron chi connectivity index (χ4n) is 8.91. The van der Waals surface area contributed by atoms with E-state index in [0.717, 1.165) is 88.0 Å². The van der Waals surface area contributed by atoms with E-state index in [-0.39, 0.29) is 48.9 Å². The van der Waals surface area contributed by atoms with Crippen molar-refractivity contribution < 1.29 is 23.9 Å². The number of nitriles is 1. The number of ether oxygens (including phenoxy) is 1. The molecule has 0 spiro atoms. The number of rotatable bonds is 10. The Balaban J connectivity index is 0.782. The summed E-state index contributed by atoms with van der Waals surface area (Å²) in [6.07, 6.45) is 7.40. The van der Waals surface area contributed by atoms with Gasteiger partial charge >= 0.3 is 6.03 Å². The predicted molar refractivity (Wildman–Crippen MR) is 227 cm³/mol. The summed E-state index contributed by atoms with van der Waals surface area (Å²) in [7, 11) is 0. The Morgan fingerprint density at radius 2 is 1.70 bits per heavy atom. The molecule has 0 atom stereocenters. The first kappa shape index (κ1) is 41.0. The molecule has 314 valence electrons. The average Bonchev–Trinajstić information content (AvgIpc) is 3.69. The van der Waals surface area contributed by atoms with Crippen LogP contribution in [0.2, 0.25) is 5.02 Å². The van der Waals surface area contributed by atoms with Gasteiger partial charge in [0.05, 0.1) is 27.9 Å². The second kappa shape index (κ2) is 17.9. The molecule has 3 saturated heterocycles. The number of nitrogens with one attached hydrogen (secondary N) is 2. The summed E-state index contributed by atoms with van der Waals surface area (Å²) in [6.45, 7) is 9.94. The van der Waals surface area contributed by atoms with Gasteiger partial charge < -0.3 is 24.4 Å². The number of nitrogens with zero attached hydrogens (tertiary/aromatic N) is 8. The van der Waals surface area contributed by atoms with Crippen molar-refractivity contribution in [1.29, 1.82) is 5.26 Å². The van der Waals surface area contributed by atoms with Gasteiger partial charge in [-0.25, -0.2) is 4.79 Å². The van der Waals surface area contributed by atoms with Gasteiger partial charge in [0.1, 0.15) is 11.8 Å². The largest absolute Gasteiger partial charge is 0.490 e. The third kappa shape index (κ3) is 9.05. The lowest BCUT2D eigenvalue weighted by Crippen LogP contribution is -2.51. The van der Waals surface area contributed by atoms with Crippen molar-refractivity contribution in [3.8, 4) is 11.8 Å². The number of piperazine rings is 1. The summed E-state index contributed by atoms with van der Waals surface area (Å²) < 4.78 is 8.19. The lowest BCUT2D eigenvalue weighted by molar-refractivity contribution is -0.120. The molecule has 4 fully saturated rings. The smallest absolute Gasteiger partial charge is 0.328 e. The van der Waals surface area contributed by atoms with E-state index in [0.29, 0.717) is 52.3 Å². The summed E-state index contributed by atoms with van der Waals surface area (Å²) in [5.74, 6) is 1.37. The minimum absolute atomic E-state index is 0.0193. The van der Waals surface area contributed by atoms with Gasteiger partial charge in [0.15, 0.2) is 11.5 Å². The highest BCUT2D eigenvalue weighted by molar-refractivity contribution is 6.31. The van der Waals surface area contributed by atoms with Crippen LogP contribution in [0.25, 0.3) is 10.9 Å². The van der Waals surface area contributed by atoms with Crippen LogP contribution in [-0.4, -0.2) is 113 Å². The van der Waals surface area contributed by atoms with Gasteiger partial charge in [-0.15, -0.1) is 10.2 Å². The molecular weight excluding hydrogens is 784 g/mol. The standard InChI is InChI=1S/C44H51ClN10O5/c1-28(2)54-17-13-35-38(54)23-31(24-39(35)55-18-14-41(56)48-44(55)59)43(58)53-21-19-51(20-22-53)27-29-11-15-52(16-12-29)40-10-9-37(49-50-40)42(57)47-32-4-7-33(8-5-32)60-34-6-3-30(26-46)36(45)25-34/h3,6,9-10,13,17,23-25,28-29,32-33H,4-5,7-8,11-12,14-16,18-22,27H2,1-2H3,(H,47,57)(H,48,56,59)/t32-,33-. The van der Waals surface area contributed by atoms with Crippen LogP contribution in [0.15, 0.2) is 54.7 Å². The number of piperidine rings is 1. The number of carbonyl (C=O) groups is 4. The zero-order chi connectivity index (χ0) is 41.9. The minimum atomic E-state index is -0.466. The molecule has 0 radical (unpaired) electrons. The Morgan fingerprint density at radius 3 is 2.37 bits per heavy atom. The molecule has 1 saturated carbocycles. The monoisotopic (exact) mass is 834 g/mol. The van der Waals surface area contributed by atoms with Gasteiger partial charge in [-0.05, 0) is 101 Å². The highest BCUT2D eigenvalue weighted by Gasteiger charge is 2.31. The fraction of sp³-hybridized carbons (Fsp3) is 0.477. The van der Waals surface area contributed by atoms with Crippen LogP contribution in [0.3, 0.4) is 0 Å². The van der Waals surface area contributed by atoms with Crippen molar-refractivity contribution in [1.82, 2.24) is 35.2 Å². The lowest BCUT2D eigenvalue weighted by atomic mass is 9.93. The zero-order valence-corrected chi connectivity index (χ0v) is 34.9. The van der Waals surface area contributed by atoms with Gasteiger partial charge in [-0.3, -0.25) is 29.5 Å². The summed E-state index contributed by atoms with van der Waals surface area (Å²) in [6, 6.07) is 16.2. The van der Waals surface area contributed by atoms with Crippen LogP contribution in [0, 0.1) is 17.2 Å². The Morgan fingerprint density at radius 1 is 0.933 bits per heavy atom. The molecule has 0 unspecified atom stereocenters. The van der Waals surface area contributed by atoms with Gasteiger partial charge in [-0.1, -0.05) is 11.6 Å². The maximum Gasteiger partial charge on any atom is 0.328 e. The Hall–Kier alpha value is -5.72. The van der Waals surface area contributed by atoms with Crippen molar-refractivity contribution in [2.75, 3.05) is 62.2 Å². The molecular formula is C44H51ClN10O5. The maximum atomic E-state index is 14.0. The van der Waals surface area contributed by atoms with E-state index in [1.165, 1.54) is 0 Å². The molecule has 2 aromatic heterocycles. The van der Waals surface area contributed by atoms with Crippen LogP contribution >= 0.6 is 11.6 Å². The predicted octanol–water partition coefficient (Wildman–Crippen LogP) is 5.78. The first-order chi connectivity index (χ1) is 29.0. The van der Waals surface area contributed by atoms with Gasteiger partial charge in [0, 0.05) is 94.1 Å². The van der Waals surface area contributed by atoms with Crippen LogP contribution in [-0.2, 0) is 4.79 Å². The molecule has 4 aliphatic rings. The Bertz CT molecular complexity index is 2280. The van der Waals surface area contributed by atoms with Crippen molar-refractivity contribution in [3.05, 3.63) is 76.6 Å². The van der Waals surface area contributed by atoms with Crippen LogP contribution in [0.1, 0.15) is 91.2 Å². The molecule has 2 N–H and O–H groups in total. The normalized spacial score (nSPS) is 20.6. The Kier molecular flexibility index (Phi) is 12.2. The van der Waals surface area contributed by atoms with Crippen LogP contribution < -0.4 is 25.2 Å². The van der Waals surface area contributed by atoms with E-state index >= 15 is 0 Å². The topological polar surface area (TPSA) is 169 Å². The first-order valence-electron chi connectivity index (χ1n) is 21.1. The molecule has 8 rings (SSSR count). The lowest BCUT2D eigenvalue weighted by Gasteiger charge is -2.39. The fourth-order valence-corrected chi connectivity index (χ4v) is 9.12. The molecule has 1 aliphatic carbocycles. The number of benzene rings is 2. The van der Waals surface area contributed by atoms with E-state index in [9.17, 15) is 19.2 Å². The number of hydrogen-bond donors (Lipinski definition) is 2. The highest BCUT2D eigenvalue weighted by Crippen LogP contribution is 2.34.